The molecule has 0 spiro atoms. The maximum absolute atomic E-state index is 12.0. The Morgan fingerprint density at radius 1 is 1.69 bits per heavy atom. The normalized spacial score (nSPS) is 12.5. The molecule has 0 aliphatic carbocycles. The molecule has 1 atom stereocenters. The van der Waals surface area contributed by atoms with Crippen LogP contribution in [0.4, 0.5) is 0 Å². The Morgan fingerprint density at radius 2 is 2.38 bits per heavy atom. The van der Waals surface area contributed by atoms with Gasteiger partial charge >= 0.3 is 0 Å². The molecule has 0 saturated heterocycles. The van der Waals surface area contributed by atoms with E-state index in [1.54, 1.807) is 7.05 Å². The van der Waals surface area contributed by atoms with Gasteiger partial charge in [-0.1, -0.05) is 0 Å². The van der Waals surface area contributed by atoms with Crippen molar-refractivity contribution in [1.82, 2.24) is 4.90 Å². The van der Waals surface area contributed by atoms with Gasteiger partial charge in [-0.05, 0) is 23.9 Å². The summed E-state index contributed by atoms with van der Waals surface area (Å²) in [6.45, 7) is 2.42. The number of ether oxygens (including phenoxy) is 1. The highest BCUT2D eigenvalue weighted by molar-refractivity contribution is 7.12. The van der Waals surface area contributed by atoms with E-state index in [2.05, 4.69) is 0 Å². The number of amides is 1. The molecule has 0 aromatic carbocycles. The number of thiophene rings is 1. The topological polar surface area (TPSA) is 49.8 Å². The summed E-state index contributed by atoms with van der Waals surface area (Å²) in [5.41, 5.74) is 0.975. The van der Waals surface area contributed by atoms with Gasteiger partial charge < -0.3 is 14.7 Å². The minimum atomic E-state index is -0.640. The zero-order valence-electron chi connectivity index (χ0n) is 9.77. The van der Waals surface area contributed by atoms with Crippen molar-refractivity contribution in [2.24, 2.45) is 0 Å². The van der Waals surface area contributed by atoms with Crippen LogP contribution in [0.2, 0.25) is 0 Å². The van der Waals surface area contributed by atoms with Crippen LogP contribution in [0.5, 0.6) is 0 Å². The molecule has 90 valence electrons. The molecule has 1 N–H and O–H groups in total. The lowest BCUT2D eigenvalue weighted by Gasteiger charge is -2.20. The molecule has 1 aromatic rings. The Morgan fingerprint density at radius 3 is 2.88 bits per heavy atom. The summed E-state index contributed by atoms with van der Waals surface area (Å²) in [5, 5.41) is 11.4. The van der Waals surface area contributed by atoms with E-state index in [9.17, 15) is 9.90 Å². The number of aliphatic hydroxyl groups is 1. The number of carbonyl (C=O) groups excluding carboxylic acids is 1. The summed E-state index contributed by atoms with van der Waals surface area (Å²) in [6, 6.07) is 1.91. The minimum Gasteiger partial charge on any atom is -0.389 e. The van der Waals surface area contributed by atoms with E-state index in [1.807, 2.05) is 18.4 Å². The Hall–Kier alpha value is -0.910. The third kappa shape index (κ3) is 3.30. The van der Waals surface area contributed by atoms with Gasteiger partial charge in [0.1, 0.15) is 0 Å². The molecule has 1 heterocycles. The van der Waals surface area contributed by atoms with E-state index >= 15 is 0 Å². The van der Waals surface area contributed by atoms with Crippen molar-refractivity contribution in [2.45, 2.75) is 13.0 Å². The van der Waals surface area contributed by atoms with E-state index in [0.717, 1.165) is 10.4 Å². The van der Waals surface area contributed by atoms with Crippen molar-refractivity contribution in [3.63, 3.8) is 0 Å². The molecule has 1 amide bonds. The summed E-state index contributed by atoms with van der Waals surface area (Å²) in [5.74, 6) is -0.0531. The molecule has 1 unspecified atom stereocenters. The minimum absolute atomic E-state index is 0.0531. The lowest BCUT2D eigenvalue weighted by molar-refractivity contribution is 0.0382. The molecule has 1 aromatic heterocycles. The molecule has 0 fully saturated rings. The highest BCUT2D eigenvalue weighted by Gasteiger charge is 2.17. The van der Waals surface area contributed by atoms with Gasteiger partial charge in [-0.15, -0.1) is 11.3 Å². The first-order valence-electron chi connectivity index (χ1n) is 5.02. The number of hydrogen-bond donors (Lipinski definition) is 1. The highest BCUT2D eigenvalue weighted by Crippen LogP contribution is 2.17. The molecule has 0 radical (unpaired) electrons. The average molecular weight is 243 g/mol. The van der Waals surface area contributed by atoms with Crippen LogP contribution >= 0.6 is 11.3 Å². The van der Waals surface area contributed by atoms with Crippen molar-refractivity contribution < 1.29 is 14.6 Å². The van der Waals surface area contributed by atoms with Crippen LogP contribution in [-0.4, -0.2) is 49.3 Å². The number of rotatable bonds is 5. The van der Waals surface area contributed by atoms with Crippen LogP contribution < -0.4 is 0 Å². The van der Waals surface area contributed by atoms with Gasteiger partial charge in [0.25, 0.3) is 5.91 Å². The maximum Gasteiger partial charge on any atom is 0.264 e. The number of aliphatic hydroxyl groups excluding tert-OH is 1. The maximum atomic E-state index is 12.0. The van der Waals surface area contributed by atoms with E-state index < -0.39 is 6.10 Å². The Labute approximate surface area is 99.5 Å². The first-order valence-corrected chi connectivity index (χ1v) is 5.90. The first kappa shape index (κ1) is 13.2. The fourth-order valence-corrected chi connectivity index (χ4v) is 2.33. The first-order chi connectivity index (χ1) is 7.56. The summed E-state index contributed by atoms with van der Waals surface area (Å²) in [6.07, 6.45) is -0.640. The molecule has 0 aliphatic heterocycles. The molecule has 0 bridgehead atoms. The van der Waals surface area contributed by atoms with Gasteiger partial charge in [-0.25, -0.2) is 0 Å². The Kier molecular flexibility index (Phi) is 4.92. The summed E-state index contributed by atoms with van der Waals surface area (Å²) >= 11 is 1.42. The average Bonchev–Trinajstić information content (AvgIpc) is 2.63. The molecular weight excluding hydrogens is 226 g/mol. The molecule has 0 saturated carbocycles. The van der Waals surface area contributed by atoms with Gasteiger partial charge in [-0.2, -0.15) is 0 Å². The smallest absolute Gasteiger partial charge is 0.264 e. The quantitative estimate of drug-likeness (QED) is 0.843. The van der Waals surface area contributed by atoms with Crippen LogP contribution in [0, 0.1) is 6.92 Å². The van der Waals surface area contributed by atoms with Gasteiger partial charge in [0, 0.05) is 20.7 Å². The number of aryl methyl sites for hydroxylation is 1. The number of methoxy groups -OCH3 is 1. The van der Waals surface area contributed by atoms with Crippen molar-refractivity contribution in [3.05, 3.63) is 21.9 Å². The number of likely N-dealkylation sites (N-methyl/N-ethyl adjacent to an activating group) is 1. The van der Waals surface area contributed by atoms with Crippen molar-refractivity contribution in [3.8, 4) is 0 Å². The van der Waals surface area contributed by atoms with Gasteiger partial charge in [0.2, 0.25) is 0 Å². The van der Waals surface area contributed by atoms with E-state index in [4.69, 9.17) is 4.74 Å². The highest BCUT2D eigenvalue weighted by atomic mass is 32.1. The second-order valence-electron chi connectivity index (χ2n) is 3.73. The zero-order chi connectivity index (χ0) is 12.1. The van der Waals surface area contributed by atoms with Crippen LogP contribution in [0.1, 0.15) is 15.2 Å². The molecule has 1 rings (SSSR count). The SMILES string of the molecule is COCC(O)CN(C)C(=O)c1sccc1C. The summed E-state index contributed by atoms with van der Waals surface area (Å²) < 4.78 is 4.81. The second kappa shape index (κ2) is 5.98. The number of nitrogens with zero attached hydrogens (tertiary/aromatic N) is 1. The van der Waals surface area contributed by atoms with Crippen LogP contribution in [-0.2, 0) is 4.74 Å². The van der Waals surface area contributed by atoms with Crippen molar-refractivity contribution in [2.75, 3.05) is 27.3 Å². The second-order valence-corrected chi connectivity index (χ2v) is 4.64. The fraction of sp³-hybridized carbons (Fsp3) is 0.545. The third-order valence-electron chi connectivity index (χ3n) is 2.25. The number of hydrogen-bond acceptors (Lipinski definition) is 4. The van der Waals surface area contributed by atoms with E-state index in [0.29, 0.717) is 0 Å². The number of carbonyl (C=O) groups is 1. The van der Waals surface area contributed by atoms with Crippen molar-refractivity contribution in [1.29, 1.82) is 0 Å². The van der Waals surface area contributed by atoms with E-state index in [-0.39, 0.29) is 19.1 Å². The predicted octanol–water partition coefficient (Wildman–Crippen LogP) is 1.14. The molecular formula is C11H17NO3S. The summed E-state index contributed by atoms with van der Waals surface area (Å²) in [4.78, 5) is 14.2. The van der Waals surface area contributed by atoms with Crippen LogP contribution in [0.25, 0.3) is 0 Å². The van der Waals surface area contributed by atoms with Gasteiger partial charge in [0.15, 0.2) is 0 Å². The third-order valence-corrected chi connectivity index (χ3v) is 3.25. The Balaban J connectivity index is 2.58. The molecule has 5 heteroatoms. The zero-order valence-corrected chi connectivity index (χ0v) is 10.6. The monoisotopic (exact) mass is 243 g/mol. The molecule has 4 nitrogen and oxygen atoms in total. The van der Waals surface area contributed by atoms with Gasteiger partial charge in [-0.3, -0.25) is 4.79 Å². The summed E-state index contributed by atoms with van der Waals surface area (Å²) in [7, 11) is 3.20. The van der Waals surface area contributed by atoms with E-state index in [1.165, 1.54) is 23.3 Å². The lowest BCUT2D eigenvalue weighted by Crippen LogP contribution is -2.36. The van der Waals surface area contributed by atoms with Crippen LogP contribution in [0.3, 0.4) is 0 Å². The van der Waals surface area contributed by atoms with Crippen LogP contribution in [0.15, 0.2) is 11.4 Å². The molecule has 0 aliphatic rings. The fourth-order valence-electron chi connectivity index (χ4n) is 1.41. The standard InChI is InChI=1S/C11H17NO3S/c1-8-4-5-16-10(8)11(14)12(2)6-9(13)7-15-3/h4-5,9,13H,6-7H2,1-3H3. The largest absolute Gasteiger partial charge is 0.389 e. The van der Waals surface area contributed by atoms with Crippen molar-refractivity contribution >= 4 is 17.2 Å². The lowest BCUT2D eigenvalue weighted by atomic mass is 10.2. The predicted molar refractivity (Wildman–Crippen MR) is 63.9 cm³/mol. The van der Waals surface area contributed by atoms with Gasteiger partial charge in [0.05, 0.1) is 17.6 Å². The Bertz CT molecular complexity index is 351. The molecule has 16 heavy (non-hydrogen) atoms.